The number of carbonyl (C=O) groups excluding carboxylic acids is 1. The third kappa shape index (κ3) is 3.62. The van der Waals surface area contributed by atoms with Crippen LogP contribution in [-0.2, 0) is 4.79 Å². The first-order chi connectivity index (χ1) is 8.56. The van der Waals surface area contributed by atoms with Crippen LogP contribution in [0.5, 0.6) is 0 Å². The Morgan fingerprint density at radius 1 is 1.33 bits per heavy atom. The van der Waals surface area contributed by atoms with Gasteiger partial charge in [0.15, 0.2) is 0 Å². The summed E-state index contributed by atoms with van der Waals surface area (Å²) in [5, 5.41) is 11.7. The summed E-state index contributed by atoms with van der Waals surface area (Å²) in [7, 11) is 1.79. The van der Waals surface area contributed by atoms with Crippen LogP contribution >= 0.6 is 0 Å². The van der Waals surface area contributed by atoms with Crippen LogP contribution < -0.4 is 5.32 Å². The van der Waals surface area contributed by atoms with E-state index in [1.54, 1.807) is 11.9 Å². The molecule has 2 saturated carbocycles. The Morgan fingerprint density at radius 2 is 2.00 bits per heavy atom. The highest BCUT2D eigenvalue weighted by Crippen LogP contribution is 2.34. The van der Waals surface area contributed by atoms with Gasteiger partial charge in [0.1, 0.15) is 0 Å². The Morgan fingerprint density at radius 3 is 2.44 bits per heavy atom. The topological polar surface area (TPSA) is 69.6 Å². The smallest absolute Gasteiger partial charge is 0.317 e. The van der Waals surface area contributed by atoms with Crippen molar-refractivity contribution in [3.8, 4) is 0 Å². The fourth-order valence-electron chi connectivity index (χ4n) is 2.44. The van der Waals surface area contributed by atoms with Crippen LogP contribution in [0.25, 0.3) is 0 Å². The Balaban J connectivity index is 1.77. The molecule has 0 saturated heterocycles. The minimum absolute atomic E-state index is 0.0354. The molecule has 5 heteroatoms. The average molecular weight is 254 g/mol. The molecule has 2 N–H and O–H groups in total. The molecule has 1 atom stereocenters. The van der Waals surface area contributed by atoms with Crippen molar-refractivity contribution in [2.24, 2.45) is 11.8 Å². The number of hydrogen-bond acceptors (Lipinski definition) is 2. The summed E-state index contributed by atoms with van der Waals surface area (Å²) in [5.74, 6) is 0.163. The molecule has 0 bridgehead atoms. The lowest BCUT2D eigenvalue weighted by Crippen LogP contribution is -2.46. The monoisotopic (exact) mass is 254 g/mol. The molecular formula is C13H22N2O3. The van der Waals surface area contributed by atoms with Gasteiger partial charge in [-0.15, -0.1) is 0 Å². The largest absolute Gasteiger partial charge is 0.481 e. The summed E-state index contributed by atoms with van der Waals surface area (Å²) in [6.45, 7) is 0.788. The first-order valence-corrected chi connectivity index (χ1v) is 6.79. The van der Waals surface area contributed by atoms with Crippen molar-refractivity contribution in [1.29, 1.82) is 0 Å². The normalized spacial score (nSPS) is 20.9. The molecule has 2 fully saturated rings. The van der Waals surface area contributed by atoms with Gasteiger partial charge in [-0.2, -0.15) is 0 Å². The highest BCUT2D eigenvalue weighted by atomic mass is 16.4. The molecular weight excluding hydrogens is 232 g/mol. The molecule has 0 aromatic carbocycles. The molecule has 2 rings (SSSR count). The third-order valence-corrected chi connectivity index (χ3v) is 4.00. The van der Waals surface area contributed by atoms with Crippen molar-refractivity contribution >= 4 is 12.0 Å². The second kappa shape index (κ2) is 5.59. The zero-order valence-corrected chi connectivity index (χ0v) is 10.9. The molecule has 0 radical (unpaired) electrons. The first-order valence-electron chi connectivity index (χ1n) is 6.79. The molecule has 0 aliphatic heterocycles. The number of urea groups is 1. The Labute approximate surface area is 108 Å². The maximum atomic E-state index is 12.0. The van der Waals surface area contributed by atoms with Crippen molar-refractivity contribution in [3.63, 3.8) is 0 Å². The third-order valence-electron chi connectivity index (χ3n) is 4.00. The van der Waals surface area contributed by atoms with Gasteiger partial charge in [-0.05, 0) is 37.5 Å². The SMILES string of the molecule is CN(CC1CCC1)C(=O)NC(CC(=O)O)C1CC1. The first kappa shape index (κ1) is 13.2. The van der Waals surface area contributed by atoms with Gasteiger partial charge in [0.05, 0.1) is 6.42 Å². The van der Waals surface area contributed by atoms with Gasteiger partial charge >= 0.3 is 12.0 Å². The lowest BCUT2D eigenvalue weighted by Gasteiger charge is -2.31. The van der Waals surface area contributed by atoms with Gasteiger partial charge in [-0.25, -0.2) is 4.79 Å². The molecule has 1 unspecified atom stereocenters. The Bertz CT molecular complexity index is 324. The molecule has 2 aliphatic carbocycles. The van der Waals surface area contributed by atoms with E-state index in [9.17, 15) is 9.59 Å². The predicted octanol–water partition coefficient (Wildman–Crippen LogP) is 1.68. The molecule has 102 valence electrons. The highest BCUT2D eigenvalue weighted by Gasteiger charge is 2.34. The zero-order chi connectivity index (χ0) is 13.1. The Kier molecular flexibility index (Phi) is 4.09. The minimum Gasteiger partial charge on any atom is -0.481 e. The van der Waals surface area contributed by atoms with E-state index in [2.05, 4.69) is 5.32 Å². The number of hydrogen-bond donors (Lipinski definition) is 2. The van der Waals surface area contributed by atoms with Crippen molar-refractivity contribution in [2.75, 3.05) is 13.6 Å². The summed E-state index contributed by atoms with van der Waals surface area (Å²) >= 11 is 0. The van der Waals surface area contributed by atoms with Gasteiger partial charge in [-0.1, -0.05) is 6.42 Å². The molecule has 18 heavy (non-hydrogen) atoms. The van der Waals surface area contributed by atoms with Crippen molar-refractivity contribution in [3.05, 3.63) is 0 Å². The van der Waals surface area contributed by atoms with Crippen molar-refractivity contribution in [1.82, 2.24) is 10.2 Å². The molecule has 0 spiro atoms. The number of carboxylic acid groups (broad SMARTS) is 1. The van der Waals surface area contributed by atoms with Gasteiger partial charge in [0.2, 0.25) is 0 Å². The number of nitrogens with one attached hydrogen (secondary N) is 1. The summed E-state index contributed by atoms with van der Waals surface area (Å²) in [5.41, 5.74) is 0. The fraction of sp³-hybridized carbons (Fsp3) is 0.846. The maximum Gasteiger partial charge on any atom is 0.317 e. The van der Waals surface area contributed by atoms with E-state index in [4.69, 9.17) is 5.11 Å². The van der Waals surface area contributed by atoms with E-state index in [1.165, 1.54) is 19.3 Å². The van der Waals surface area contributed by atoms with Crippen LogP contribution in [0.4, 0.5) is 4.79 Å². The lowest BCUT2D eigenvalue weighted by molar-refractivity contribution is -0.137. The number of amides is 2. The van der Waals surface area contributed by atoms with Gasteiger partial charge in [0.25, 0.3) is 0 Å². The number of aliphatic carboxylic acids is 1. The molecule has 2 aliphatic rings. The summed E-state index contributed by atoms with van der Waals surface area (Å²) in [6, 6.07) is -0.320. The molecule has 0 aromatic rings. The molecule has 2 amide bonds. The molecule has 0 heterocycles. The summed E-state index contributed by atoms with van der Waals surface area (Å²) < 4.78 is 0. The predicted molar refractivity (Wildman–Crippen MR) is 67.3 cm³/mol. The summed E-state index contributed by atoms with van der Waals surface area (Å²) in [6.07, 6.45) is 5.78. The standard InChI is InChI=1S/C13H22N2O3/c1-15(8-9-3-2-4-9)13(18)14-11(7-12(16)17)10-5-6-10/h9-11H,2-8H2,1H3,(H,14,18)(H,16,17). The zero-order valence-electron chi connectivity index (χ0n) is 10.9. The second-order valence-corrected chi connectivity index (χ2v) is 5.67. The number of rotatable bonds is 6. The molecule has 0 aromatic heterocycles. The van der Waals surface area contributed by atoms with Gasteiger partial charge in [0, 0.05) is 19.6 Å². The van der Waals surface area contributed by atoms with Gasteiger partial charge < -0.3 is 15.3 Å². The van der Waals surface area contributed by atoms with Crippen molar-refractivity contribution < 1.29 is 14.7 Å². The van der Waals surface area contributed by atoms with Gasteiger partial charge in [-0.3, -0.25) is 4.79 Å². The minimum atomic E-state index is -0.839. The van der Waals surface area contributed by atoms with E-state index >= 15 is 0 Å². The van der Waals surface area contributed by atoms with Crippen LogP contribution in [-0.4, -0.2) is 41.6 Å². The van der Waals surface area contributed by atoms with Crippen LogP contribution in [0, 0.1) is 11.8 Å². The average Bonchev–Trinajstić information content (AvgIpc) is 3.04. The van der Waals surface area contributed by atoms with E-state index in [0.717, 1.165) is 19.4 Å². The maximum absolute atomic E-state index is 12.0. The summed E-state index contributed by atoms with van der Waals surface area (Å²) in [4.78, 5) is 24.4. The number of carbonyl (C=O) groups is 2. The number of carboxylic acids is 1. The van der Waals surface area contributed by atoms with Crippen LogP contribution in [0.2, 0.25) is 0 Å². The quantitative estimate of drug-likeness (QED) is 0.757. The van der Waals surface area contributed by atoms with Crippen LogP contribution in [0.15, 0.2) is 0 Å². The number of nitrogens with zero attached hydrogens (tertiary/aromatic N) is 1. The molecule has 5 nitrogen and oxygen atoms in total. The fourth-order valence-corrected chi connectivity index (χ4v) is 2.44. The van der Waals surface area contributed by atoms with E-state index in [1.807, 2.05) is 0 Å². The lowest BCUT2D eigenvalue weighted by atomic mass is 9.85. The highest BCUT2D eigenvalue weighted by molar-refractivity contribution is 5.75. The second-order valence-electron chi connectivity index (χ2n) is 5.67. The van der Waals surface area contributed by atoms with E-state index in [0.29, 0.717) is 11.8 Å². The van der Waals surface area contributed by atoms with E-state index < -0.39 is 5.97 Å². The van der Waals surface area contributed by atoms with Crippen LogP contribution in [0.1, 0.15) is 38.5 Å². The van der Waals surface area contributed by atoms with E-state index in [-0.39, 0.29) is 18.5 Å². The Hall–Kier alpha value is -1.26. The van der Waals surface area contributed by atoms with Crippen molar-refractivity contribution in [2.45, 2.75) is 44.6 Å². The van der Waals surface area contributed by atoms with Crippen LogP contribution in [0.3, 0.4) is 0 Å².